The molecule has 0 aromatic carbocycles. The van der Waals surface area contributed by atoms with Crippen LogP contribution in [0.5, 0.6) is 0 Å². The lowest BCUT2D eigenvalue weighted by molar-refractivity contribution is -0.131. The Morgan fingerprint density at radius 2 is 2.15 bits per heavy atom. The van der Waals surface area contributed by atoms with Crippen molar-refractivity contribution in [2.24, 2.45) is 11.7 Å². The molecule has 1 rings (SSSR count). The highest BCUT2D eigenvalue weighted by atomic mass is 32.1. The number of rotatable bonds is 10. The molecule has 4 heteroatoms. The standard InChI is InChI=1S/C16H28N2OS/c1-3-6-14(10-11-17)8-9-16(19)18(4-2)13-15-7-5-12-20-15/h5,7,12,14H,3-4,6,8-11,13,17H2,1-2H3. The number of carbonyl (C=O) groups is 1. The Kier molecular flexibility index (Phi) is 8.54. The number of nitrogens with two attached hydrogens (primary N) is 1. The topological polar surface area (TPSA) is 46.3 Å². The van der Waals surface area contributed by atoms with Crippen LogP contribution in [0.2, 0.25) is 0 Å². The van der Waals surface area contributed by atoms with Gasteiger partial charge in [-0.25, -0.2) is 0 Å². The first-order valence-corrected chi connectivity index (χ1v) is 8.59. The normalized spacial score (nSPS) is 12.3. The summed E-state index contributed by atoms with van der Waals surface area (Å²) >= 11 is 1.71. The highest BCUT2D eigenvalue weighted by Gasteiger charge is 2.15. The first-order chi connectivity index (χ1) is 9.71. The van der Waals surface area contributed by atoms with E-state index in [0.29, 0.717) is 12.3 Å². The second kappa shape index (κ2) is 9.94. The summed E-state index contributed by atoms with van der Waals surface area (Å²) in [6.45, 7) is 6.51. The number of amides is 1. The van der Waals surface area contributed by atoms with Gasteiger partial charge >= 0.3 is 0 Å². The molecule has 0 saturated heterocycles. The Morgan fingerprint density at radius 3 is 2.70 bits per heavy atom. The molecule has 0 saturated carbocycles. The average molecular weight is 296 g/mol. The van der Waals surface area contributed by atoms with Crippen LogP contribution in [0.1, 0.15) is 50.8 Å². The molecule has 0 radical (unpaired) electrons. The molecule has 2 N–H and O–H groups in total. The predicted molar refractivity (Wildman–Crippen MR) is 86.7 cm³/mol. The fraction of sp³-hybridized carbons (Fsp3) is 0.688. The Bertz CT molecular complexity index is 359. The zero-order valence-corrected chi connectivity index (χ0v) is 13.6. The second-order valence-electron chi connectivity index (χ2n) is 5.26. The van der Waals surface area contributed by atoms with Crippen molar-refractivity contribution < 1.29 is 4.79 Å². The molecule has 20 heavy (non-hydrogen) atoms. The molecule has 0 fully saturated rings. The molecule has 1 amide bonds. The third-order valence-corrected chi connectivity index (χ3v) is 4.56. The third kappa shape index (κ3) is 6.06. The molecule has 1 unspecified atom stereocenters. The van der Waals surface area contributed by atoms with Crippen molar-refractivity contribution >= 4 is 17.2 Å². The molecule has 1 aromatic heterocycles. The number of hydrogen-bond acceptors (Lipinski definition) is 3. The van der Waals surface area contributed by atoms with Gasteiger partial charge in [-0.15, -0.1) is 11.3 Å². The van der Waals surface area contributed by atoms with E-state index in [1.807, 2.05) is 11.0 Å². The maximum absolute atomic E-state index is 12.3. The molecule has 3 nitrogen and oxygen atoms in total. The predicted octanol–water partition coefficient (Wildman–Crippen LogP) is 3.64. The van der Waals surface area contributed by atoms with E-state index in [1.54, 1.807) is 11.3 Å². The fourth-order valence-electron chi connectivity index (χ4n) is 2.53. The quantitative estimate of drug-likeness (QED) is 0.716. The van der Waals surface area contributed by atoms with Gasteiger partial charge in [-0.1, -0.05) is 25.8 Å². The van der Waals surface area contributed by atoms with Crippen LogP contribution in [-0.4, -0.2) is 23.9 Å². The number of carbonyl (C=O) groups excluding carboxylic acids is 1. The molecule has 114 valence electrons. The summed E-state index contributed by atoms with van der Waals surface area (Å²) in [7, 11) is 0. The van der Waals surface area contributed by atoms with Gasteiger partial charge in [-0.2, -0.15) is 0 Å². The van der Waals surface area contributed by atoms with Crippen LogP contribution in [-0.2, 0) is 11.3 Å². The van der Waals surface area contributed by atoms with Crippen LogP contribution in [0, 0.1) is 5.92 Å². The molecule has 1 heterocycles. The Morgan fingerprint density at radius 1 is 1.35 bits per heavy atom. The van der Waals surface area contributed by atoms with Gasteiger partial charge in [0.05, 0.1) is 6.54 Å². The summed E-state index contributed by atoms with van der Waals surface area (Å²) in [5.74, 6) is 0.883. The van der Waals surface area contributed by atoms with Crippen LogP contribution < -0.4 is 5.73 Å². The van der Waals surface area contributed by atoms with E-state index in [0.717, 1.165) is 32.5 Å². The summed E-state index contributed by atoms with van der Waals surface area (Å²) in [5.41, 5.74) is 5.65. The third-order valence-electron chi connectivity index (χ3n) is 3.70. The zero-order valence-electron chi connectivity index (χ0n) is 12.8. The average Bonchev–Trinajstić information content (AvgIpc) is 2.95. The molecule has 0 aliphatic rings. The summed E-state index contributed by atoms with van der Waals surface area (Å²) in [4.78, 5) is 15.5. The van der Waals surface area contributed by atoms with Gasteiger partial charge in [0.25, 0.3) is 0 Å². The number of hydrogen-bond donors (Lipinski definition) is 1. The largest absolute Gasteiger partial charge is 0.338 e. The van der Waals surface area contributed by atoms with Crippen LogP contribution in [0.3, 0.4) is 0 Å². The van der Waals surface area contributed by atoms with Crippen molar-refractivity contribution in [3.05, 3.63) is 22.4 Å². The summed E-state index contributed by atoms with van der Waals surface area (Å²) in [6, 6.07) is 4.13. The first-order valence-electron chi connectivity index (χ1n) is 7.71. The van der Waals surface area contributed by atoms with Crippen LogP contribution in [0.4, 0.5) is 0 Å². The Labute approximate surface area is 127 Å². The fourth-order valence-corrected chi connectivity index (χ4v) is 3.25. The first kappa shape index (κ1) is 17.2. The molecular formula is C16H28N2OS. The van der Waals surface area contributed by atoms with E-state index in [9.17, 15) is 4.79 Å². The minimum atomic E-state index is 0.277. The summed E-state index contributed by atoms with van der Waals surface area (Å²) in [5, 5.41) is 2.06. The summed E-state index contributed by atoms with van der Waals surface area (Å²) < 4.78 is 0. The minimum Gasteiger partial charge on any atom is -0.338 e. The zero-order chi connectivity index (χ0) is 14.8. The van der Waals surface area contributed by atoms with Crippen molar-refractivity contribution in [3.8, 4) is 0 Å². The van der Waals surface area contributed by atoms with E-state index in [2.05, 4.69) is 25.3 Å². The van der Waals surface area contributed by atoms with Gasteiger partial charge in [-0.3, -0.25) is 4.79 Å². The maximum atomic E-state index is 12.3. The van der Waals surface area contributed by atoms with Gasteiger partial charge < -0.3 is 10.6 Å². The van der Waals surface area contributed by atoms with E-state index in [4.69, 9.17) is 5.73 Å². The van der Waals surface area contributed by atoms with Crippen molar-refractivity contribution in [3.63, 3.8) is 0 Å². The van der Waals surface area contributed by atoms with Gasteiger partial charge in [0.1, 0.15) is 0 Å². The molecule has 1 atom stereocenters. The SMILES string of the molecule is CCCC(CCN)CCC(=O)N(CC)Cc1cccs1. The van der Waals surface area contributed by atoms with Crippen LogP contribution in [0.25, 0.3) is 0 Å². The maximum Gasteiger partial charge on any atom is 0.222 e. The molecular weight excluding hydrogens is 268 g/mol. The molecule has 0 aliphatic heterocycles. The highest BCUT2D eigenvalue weighted by molar-refractivity contribution is 7.09. The lowest BCUT2D eigenvalue weighted by atomic mass is 9.94. The Hall–Kier alpha value is -0.870. The van der Waals surface area contributed by atoms with Crippen LogP contribution in [0.15, 0.2) is 17.5 Å². The number of nitrogens with zero attached hydrogens (tertiary/aromatic N) is 1. The van der Waals surface area contributed by atoms with E-state index >= 15 is 0 Å². The van der Waals surface area contributed by atoms with Crippen molar-refractivity contribution in [1.82, 2.24) is 4.90 Å². The summed E-state index contributed by atoms with van der Waals surface area (Å²) in [6.07, 6.45) is 5.03. The van der Waals surface area contributed by atoms with E-state index in [1.165, 1.54) is 17.7 Å². The van der Waals surface area contributed by atoms with Crippen LogP contribution >= 0.6 is 11.3 Å². The minimum absolute atomic E-state index is 0.277. The van der Waals surface area contributed by atoms with Gasteiger partial charge in [0.2, 0.25) is 5.91 Å². The molecule has 0 aliphatic carbocycles. The monoisotopic (exact) mass is 296 g/mol. The van der Waals surface area contributed by atoms with Gasteiger partial charge in [-0.05, 0) is 43.7 Å². The molecule has 0 bridgehead atoms. The Balaban J connectivity index is 2.41. The van der Waals surface area contributed by atoms with Crippen molar-refractivity contribution in [2.75, 3.05) is 13.1 Å². The lowest BCUT2D eigenvalue weighted by Crippen LogP contribution is -2.30. The van der Waals surface area contributed by atoms with E-state index in [-0.39, 0.29) is 5.91 Å². The molecule has 1 aromatic rings. The van der Waals surface area contributed by atoms with Gasteiger partial charge in [0, 0.05) is 17.8 Å². The lowest BCUT2D eigenvalue weighted by Gasteiger charge is -2.22. The van der Waals surface area contributed by atoms with E-state index < -0.39 is 0 Å². The van der Waals surface area contributed by atoms with Gasteiger partial charge in [0.15, 0.2) is 0 Å². The number of thiophene rings is 1. The highest BCUT2D eigenvalue weighted by Crippen LogP contribution is 2.19. The second-order valence-corrected chi connectivity index (χ2v) is 6.29. The molecule has 0 spiro atoms. The smallest absolute Gasteiger partial charge is 0.222 e. The van der Waals surface area contributed by atoms with Crippen molar-refractivity contribution in [2.45, 2.75) is 52.5 Å². The van der Waals surface area contributed by atoms with Crippen molar-refractivity contribution in [1.29, 1.82) is 0 Å².